The van der Waals surface area contributed by atoms with Gasteiger partial charge in [0.2, 0.25) is 0 Å². The minimum Gasteiger partial charge on any atom is -0.457 e. The Balaban J connectivity index is 1.65. The van der Waals surface area contributed by atoms with Crippen LogP contribution in [0.4, 0.5) is 11.5 Å². The van der Waals surface area contributed by atoms with Crippen LogP contribution in [0.1, 0.15) is 31.9 Å². The predicted molar refractivity (Wildman–Crippen MR) is 117 cm³/mol. The highest BCUT2D eigenvalue weighted by atomic mass is 32.1. The number of carbonyl (C=O) groups excluding carboxylic acids is 1. The lowest BCUT2D eigenvalue weighted by Crippen LogP contribution is -2.05. The van der Waals surface area contributed by atoms with E-state index in [-0.39, 0.29) is 12.6 Å². The number of hydrogen-bond acceptors (Lipinski definition) is 6. The number of aryl methyl sites for hydroxylation is 3. The van der Waals surface area contributed by atoms with E-state index < -0.39 is 0 Å². The van der Waals surface area contributed by atoms with E-state index in [0.29, 0.717) is 10.7 Å². The number of ether oxygens (including phenoxy) is 1. The van der Waals surface area contributed by atoms with Gasteiger partial charge in [-0.3, -0.25) is 0 Å². The minimum absolute atomic E-state index is 0.243. The molecule has 0 atom stereocenters. The third-order valence-electron chi connectivity index (χ3n) is 4.85. The first-order valence-electron chi connectivity index (χ1n) is 9.33. The third kappa shape index (κ3) is 3.84. The van der Waals surface area contributed by atoms with E-state index in [1.165, 1.54) is 17.7 Å². The van der Waals surface area contributed by atoms with Crippen LogP contribution in [0, 0.1) is 20.8 Å². The van der Waals surface area contributed by atoms with Crippen LogP contribution < -0.4 is 5.32 Å². The van der Waals surface area contributed by atoms with Crippen LogP contribution in [0.2, 0.25) is 0 Å². The molecule has 0 saturated heterocycles. The van der Waals surface area contributed by atoms with Crippen LogP contribution in [-0.4, -0.2) is 15.9 Å². The number of para-hydroxylation sites is 1. The SMILES string of the molecule is Cc1cccc(C)c1Nc1ncnc2sc(C(=O)OCc3ccccc3)c(C)c12. The van der Waals surface area contributed by atoms with Crippen LogP contribution in [0.15, 0.2) is 54.9 Å². The normalized spacial score (nSPS) is 10.9. The first-order chi connectivity index (χ1) is 14.0. The van der Waals surface area contributed by atoms with Gasteiger partial charge in [0.15, 0.2) is 0 Å². The Bertz CT molecular complexity index is 1170. The molecular formula is C23H21N3O2S. The van der Waals surface area contributed by atoms with Gasteiger partial charge < -0.3 is 10.1 Å². The van der Waals surface area contributed by atoms with Crippen molar-refractivity contribution in [3.8, 4) is 0 Å². The Hall–Kier alpha value is -3.25. The fourth-order valence-corrected chi connectivity index (χ4v) is 4.32. The molecule has 4 aromatic rings. The van der Waals surface area contributed by atoms with Gasteiger partial charge in [-0.2, -0.15) is 0 Å². The molecular weight excluding hydrogens is 382 g/mol. The number of nitrogens with one attached hydrogen (secondary N) is 1. The van der Waals surface area contributed by atoms with Gasteiger partial charge in [-0.25, -0.2) is 14.8 Å². The lowest BCUT2D eigenvalue weighted by molar-refractivity contribution is 0.0478. The van der Waals surface area contributed by atoms with E-state index in [4.69, 9.17) is 4.74 Å². The van der Waals surface area contributed by atoms with Crippen LogP contribution >= 0.6 is 11.3 Å². The summed E-state index contributed by atoms with van der Waals surface area (Å²) in [6.07, 6.45) is 1.52. The zero-order valence-electron chi connectivity index (χ0n) is 16.5. The summed E-state index contributed by atoms with van der Waals surface area (Å²) >= 11 is 1.33. The summed E-state index contributed by atoms with van der Waals surface area (Å²) < 4.78 is 5.52. The van der Waals surface area contributed by atoms with Crippen molar-refractivity contribution in [2.45, 2.75) is 27.4 Å². The van der Waals surface area contributed by atoms with E-state index >= 15 is 0 Å². The fraction of sp³-hybridized carbons (Fsp3) is 0.174. The summed E-state index contributed by atoms with van der Waals surface area (Å²) in [6, 6.07) is 15.8. The lowest BCUT2D eigenvalue weighted by Gasteiger charge is -2.12. The smallest absolute Gasteiger partial charge is 0.349 e. The molecule has 0 fully saturated rings. The van der Waals surface area contributed by atoms with Crippen molar-refractivity contribution in [2.24, 2.45) is 0 Å². The molecule has 0 aliphatic heterocycles. The molecule has 0 amide bonds. The van der Waals surface area contributed by atoms with Gasteiger partial charge in [-0.05, 0) is 43.0 Å². The van der Waals surface area contributed by atoms with Crippen LogP contribution in [0.3, 0.4) is 0 Å². The second-order valence-electron chi connectivity index (χ2n) is 6.91. The molecule has 0 unspecified atom stereocenters. The third-order valence-corrected chi connectivity index (χ3v) is 6.03. The van der Waals surface area contributed by atoms with Crippen molar-refractivity contribution in [3.63, 3.8) is 0 Å². The number of esters is 1. The summed E-state index contributed by atoms with van der Waals surface area (Å²) in [6.45, 7) is 6.27. The lowest BCUT2D eigenvalue weighted by atomic mass is 10.1. The van der Waals surface area contributed by atoms with Gasteiger partial charge in [0.1, 0.15) is 28.5 Å². The molecule has 0 spiro atoms. The van der Waals surface area contributed by atoms with Crippen molar-refractivity contribution in [3.05, 3.63) is 82.0 Å². The molecule has 0 aliphatic rings. The molecule has 0 aliphatic carbocycles. The molecule has 146 valence electrons. The first kappa shape index (κ1) is 19.1. The van der Waals surface area contributed by atoms with E-state index in [9.17, 15) is 4.79 Å². The number of thiophene rings is 1. The van der Waals surface area contributed by atoms with Crippen molar-refractivity contribution in [2.75, 3.05) is 5.32 Å². The van der Waals surface area contributed by atoms with Crippen LogP contribution in [-0.2, 0) is 11.3 Å². The Morgan fingerprint density at radius 2 is 1.72 bits per heavy atom. The summed E-state index contributed by atoms with van der Waals surface area (Å²) in [5.74, 6) is 0.357. The van der Waals surface area contributed by atoms with Crippen LogP contribution in [0.25, 0.3) is 10.2 Å². The number of nitrogens with zero attached hydrogens (tertiary/aromatic N) is 2. The summed E-state index contributed by atoms with van der Waals surface area (Å²) in [4.78, 5) is 22.8. The molecule has 29 heavy (non-hydrogen) atoms. The summed E-state index contributed by atoms with van der Waals surface area (Å²) in [5.41, 5.74) is 5.07. The standard InChI is InChI=1S/C23H21N3O2S/c1-14-8-7-9-15(2)19(14)26-21-18-16(3)20(29-22(18)25-13-24-21)23(27)28-12-17-10-5-4-6-11-17/h4-11,13H,12H2,1-3H3,(H,24,25,26). The van der Waals surface area contributed by atoms with Crippen molar-refractivity contribution >= 4 is 39.0 Å². The summed E-state index contributed by atoms with van der Waals surface area (Å²) in [7, 11) is 0. The Morgan fingerprint density at radius 1 is 1.00 bits per heavy atom. The van der Waals surface area contributed by atoms with Gasteiger partial charge in [0.05, 0.1) is 5.39 Å². The molecule has 0 saturated carbocycles. The Morgan fingerprint density at radius 3 is 2.45 bits per heavy atom. The number of rotatable bonds is 5. The topological polar surface area (TPSA) is 64.1 Å². The van der Waals surface area contributed by atoms with Gasteiger partial charge >= 0.3 is 5.97 Å². The highest BCUT2D eigenvalue weighted by Crippen LogP contribution is 2.36. The molecule has 2 heterocycles. The molecule has 6 heteroatoms. The number of anilines is 2. The van der Waals surface area contributed by atoms with Crippen molar-refractivity contribution in [1.82, 2.24) is 9.97 Å². The molecule has 0 radical (unpaired) electrons. The Kier molecular flexibility index (Phi) is 5.27. The number of fused-ring (bicyclic) bond motifs is 1. The largest absolute Gasteiger partial charge is 0.457 e. The zero-order valence-corrected chi connectivity index (χ0v) is 17.3. The van der Waals surface area contributed by atoms with E-state index in [1.807, 2.05) is 43.3 Å². The molecule has 2 aromatic heterocycles. The predicted octanol–water partition coefficient (Wildman–Crippen LogP) is 5.72. The van der Waals surface area contributed by atoms with Gasteiger partial charge in [-0.1, -0.05) is 48.5 Å². The van der Waals surface area contributed by atoms with Crippen molar-refractivity contribution in [1.29, 1.82) is 0 Å². The average Bonchev–Trinajstić information content (AvgIpc) is 3.07. The van der Waals surface area contributed by atoms with Gasteiger partial charge in [0.25, 0.3) is 0 Å². The molecule has 4 rings (SSSR count). The minimum atomic E-state index is -0.340. The van der Waals surface area contributed by atoms with Crippen molar-refractivity contribution < 1.29 is 9.53 Å². The number of benzene rings is 2. The highest BCUT2D eigenvalue weighted by Gasteiger charge is 2.21. The maximum atomic E-state index is 12.7. The van der Waals surface area contributed by atoms with Crippen LogP contribution in [0.5, 0.6) is 0 Å². The van der Waals surface area contributed by atoms with E-state index in [2.05, 4.69) is 41.3 Å². The number of hydrogen-bond donors (Lipinski definition) is 1. The quantitative estimate of drug-likeness (QED) is 0.432. The molecule has 0 bridgehead atoms. The van der Waals surface area contributed by atoms with E-state index in [1.54, 1.807) is 0 Å². The second kappa shape index (κ2) is 8.01. The first-order valence-corrected chi connectivity index (χ1v) is 10.1. The summed E-state index contributed by atoms with van der Waals surface area (Å²) in [5, 5.41) is 4.29. The highest BCUT2D eigenvalue weighted by molar-refractivity contribution is 7.20. The van der Waals surface area contributed by atoms with Gasteiger partial charge in [0, 0.05) is 5.69 Å². The monoisotopic (exact) mass is 403 g/mol. The zero-order chi connectivity index (χ0) is 20.4. The maximum Gasteiger partial charge on any atom is 0.349 e. The number of aromatic nitrogens is 2. The fourth-order valence-electron chi connectivity index (χ4n) is 3.28. The Labute approximate surface area is 173 Å². The van der Waals surface area contributed by atoms with Gasteiger partial charge in [-0.15, -0.1) is 11.3 Å². The second-order valence-corrected chi connectivity index (χ2v) is 7.91. The number of carbonyl (C=O) groups is 1. The maximum absolute atomic E-state index is 12.7. The average molecular weight is 404 g/mol. The molecule has 1 N–H and O–H groups in total. The van der Waals surface area contributed by atoms with E-state index in [0.717, 1.165) is 38.2 Å². The molecule has 5 nitrogen and oxygen atoms in total. The molecule has 2 aromatic carbocycles.